The second kappa shape index (κ2) is 5.37. The van der Waals surface area contributed by atoms with E-state index in [4.69, 9.17) is 0 Å². The minimum Gasteiger partial charge on any atom is -0.385 e. The molecule has 1 heterocycles. The van der Waals surface area contributed by atoms with Crippen LogP contribution in [0, 0.1) is 6.92 Å². The number of fused-ring (bicyclic) bond motifs is 1. The van der Waals surface area contributed by atoms with Gasteiger partial charge >= 0.3 is 0 Å². The van der Waals surface area contributed by atoms with E-state index in [1.165, 1.54) is 5.56 Å². The van der Waals surface area contributed by atoms with Crippen molar-refractivity contribution in [2.24, 2.45) is 0 Å². The van der Waals surface area contributed by atoms with Crippen molar-refractivity contribution in [1.82, 2.24) is 0 Å². The number of benzene rings is 2. The molecular weight excluding hydrogens is 248 g/mol. The lowest BCUT2D eigenvalue weighted by Crippen LogP contribution is -2.19. The van der Waals surface area contributed by atoms with Crippen LogP contribution in [-0.4, -0.2) is 12.5 Å². The monoisotopic (exact) mass is 266 g/mol. The van der Waals surface area contributed by atoms with Gasteiger partial charge in [0.1, 0.15) is 0 Å². The summed E-state index contributed by atoms with van der Waals surface area (Å²) in [6, 6.07) is 13.7. The third-order valence-electron chi connectivity index (χ3n) is 3.65. The van der Waals surface area contributed by atoms with E-state index in [-0.39, 0.29) is 5.91 Å². The number of hydrogen-bond donors (Lipinski definition) is 2. The fourth-order valence-electron chi connectivity index (χ4n) is 2.56. The highest BCUT2D eigenvalue weighted by Crippen LogP contribution is 2.26. The van der Waals surface area contributed by atoms with Crippen LogP contribution in [0.2, 0.25) is 0 Å². The van der Waals surface area contributed by atoms with Crippen LogP contribution in [0.3, 0.4) is 0 Å². The van der Waals surface area contributed by atoms with Gasteiger partial charge in [-0.1, -0.05) is 23.8 Å². The van der Waals surface area contributed by atoms with E-state index in [9.17, 15) is 4.79 Å². The van der Waals surface area contributed by atoms with Crippen LogP contribution in [0.15, 0.2) is 42.5 Å². The normalized spacial score (nSPS) is 13.2. The van der Waals surface area contributed by atoms with E-state index in [0.717, 1.165) is 41.9 Å². The minimum absolute atomic E-state index is 0.0330. The Morgan fingerprint density at radius 1 is 1.15 bits per heavy atom. The van der Waals surface area contributed by atoms with Gasteiger partial charge in [-0.2, -0.15) is 0 Å². The van der Waals surface area contributed by atoms with Crippen molar-refractivity contribution in [3.63, 3.8) is 0 Å². The van der Waals surface area contributed by atoms with Gasteiger partial charge in [0, 0.05) is 23.5 Å². The van der Waals surface area contributed by atoms with Gasteiger partial charge < -0.3 is 10.6 Å². The maximum Gasteiger partial charge on any atom is 0.256 e. The molecule has 2 N–H and O–H groups in total. The van der Waals surface area contributed by atoms with Crippen molar-refractivity contribution in [2.75, 3.05) is 17.2 Å². The summed E-state index contributed by atoms with van der Waals surface area (Å²) in [5.41, 5.74) is 5.01. The van der Waals surface area contributed by atoms with E-state index < -0.39 is 0 Å². The molecule has 0 radical (unpaired) electrons. The second-order valence-electron chi connectivity index (χ2n) is 5.18. The maximum atomic E-state index is 12.4. The van der Waals surface area contributed by atoms with E-state index in [0.29, 0.717) is 0 Å². The zero-order valence-corrected chi connectivity index (χ0v) is 11.6. The Bertz CT molecular complexity index is 632. The molecule has 0 atom stereocenters. The van der Waals surface area contributed by atoms with Crippen LogP contribution in [-0.2, 0) is 6.42 Å². The van der Waals surface area contributed by atoms with E-state index >= 15 is 0 Å². The molecule has 1 aliphatic heterocycles. The number of carbonyl (C=O) groups excluding carboxylic acids is 1. The number of amides is 1. The van der Waals surface area contributed by atoms with Crippen molar-refractivity contribution >= 4 is 17.3 Å². The van der Waals surface area contributed by atoms with Crippen molar-refractivity contribution in [3.05, 3.63) is 59.2 Å². The summed E-state index contributed by atoms with van der Waals surface area (Å²) in [4.78, 5) is 12.4. The Kier molecular flexibility index (Phi) is 3.42. The molecule has 3 heteroatoms. The predicted molar refractivity (Wildman–Crippen MR) is 82.4 cm³/mol. The first kappa shape index (κ1) is 12.7. The molecule has 102 valence electrons. The standard InChI is InChI=1S/C17H18N2O/c1-12-7-9-13(10-8-12)19-17(20)15-4-2-6-16-14(15)5-3-11-18-16/h2,4,6-10,18H,3,5,11H2,1H3,(H,19,20). The van der Waals surface area contributed by atoms with E-state index in [2.05, 4.69) is 10.6 Å². The minimum atomic E-state index is -0.0330. The van der Waals surface area contributed by atoms with E-state index in [1.54, 1.807) is 0 Å². The van der Waals surface area contributed by atoms with Gasteiger partial charge in [-0.15, -0.1) is 0 Å². The van der Waals surface area contributed by atoms with Crippen LogP contribution >= 0.6 is 0 Å². The Labute approximate surface area is 119 Å². The largest absolute Gasteiger partial charge is 0.385 e. The molecule has 0 saturated carbocycles. The Hall–Kier alpha value is -2.29. The van der Waals surface area contributed by atoms with Crippen LogP contribution < -0.4 is 10.6 Å². The van der Waals surface area contributed by atoms with Gasteiger partial charge in [0.2, 0.25) is 0 Å². The summed E-state index contributed by atoms with van der Waals surface area (Å²) in [7, 11) is 0. The summed E-state index contributed by atoms with van der Waals surface area (Å²) in [6.07, 6.45) is 2.03. The molecule has 3 nitrogen and oxygen atoms in total. The lowest BCUT2D eigenvalue weighted by Gasteiger charge is -2.20. The first-order chi connectivity index (χ1) is 9.74. The Morgan fingerprint density at radius 3 is 2.75 bits per heavy atom. The SMILES string of the molecule is Cc1ccc(NC(=O)c2cccc3c2CCCN3)cc1. The zero-order chi connectivity index (χ0) is 13.9. The number of nitrogens with one attached hydrogen (secondary N) is 2. The number of hydrogen-bond acceptors (Lipinski definition) is 2. The van der Waals surface area contributed by atoms with Gasteiger partial charge in [-0.25, -0.2) is 0 Å². The smallest absolute Gasteiger partial charge is 0.256 e. The van der Waals surface area contributed by atoms with Gasteiger partial charge in [0.05, 0.1) is 0 Å². The topological polar surface area (TPSA) is 41.1 Å². The molecule has 2 aromatic carbocycles. The molecule has 0 saturated heterocycles. The molecule has 0 bridgehead atoms. The number of rotatable bonds is 2. The Morgan fingerprint density at radius 2 is 1.95 bits per heavy atom. The molecule has 0 aromatic heterocycles. The van der Waals surface area contributed by atoms with Gasteiger partial charge in [-0.05, 0) is 49.6 Å². The molecule has 2 aromatic rings. The summed E-state index contributed by atoms with van der Waals surface area (Å²) < 4.78 is 0. The second-order valence-corrected chi connectivity index (χ2v) is 5.18. The Balaban J connectivity index is 1.85. The predicted octanol–water partition coefficient (Wildman–Crippen LogP) is 3.61. The maximum absolute atomic E-state index is 12.4. The lowest BCUT2D eigenvalue weighted by atomic mass is 9.97. The molecule has 20 heavy (non-hydrogen) atoms. The lowest BCUT2D eigenvalue weighted by molar-refractivity contribution is 0.102. The highest BCUT2D eigenvalue weighted by atomic mass is 16.1. The quantitative estimate of drug-likeness (QED) is 0.872. The summed E-state index contributed by atoms with van der Waals surface area (Å²) in [6.45, 7) is 3.01. The van der Waals surface area contributed by atoms with Crippen LogP contribution in [0.25, 0.3) is 0 Å². The number of carbonyl (C=O) groups is 1. The number of aryl methyl sites for hydroxylation is 1. The third-order valence-corrected chi connectivity index (χ3v) is 3.65. The van der Waals surface area contributed by atoms with Crippen molar-refractivity contribution < 1.29 is 4.79 Å². The average Bonchev–Trinajstić information content (AvgIpc) is 2.49. The fraction of sp³-hybridized carbons (Fsp3) is 0.235. The van der Waals surface area contributed by atoms with Crippen LogP contribution in [0.4, 0.5) is 11.4 Å². The third kappa shape index (κ3) is 2.52. The molecule has 0 aliphatic carbocycles. The summed E-state index contributed by atoms with van der Waals surface area (Å²) >= 11 is 0. The van der Waals surface area contributed by atoms with Gasteiger partial charge in [-0.3, -0.25) is 4.79 Å². The zero-order valence-electron chi connectivity index (χ0n) is 11.6. The van der Waals surface area contributed by atoms with Crippen molar-refractivity contribution in [2.45, 2.75) is 19.8 Å². The molecular formula is C17H18N2O. The molecule has 0 spiro atoms. The van der Waals surface area contributed by atoms with Crippen LogP contribution in [0.1, 0.15) is 27.9 Å². The van der Waals surface area contributed by atoms with Crippen molar-refractivity contribution in [3.8, 4) is 0 Å². The van der Waals surface area contributed by atoms with Crippen LogP contribution in [0.5, 0.6) is 0 Å². The highest BCUT2D eigenvalue weighted by Gasteiger charge is 2.17. The fourth-order valence-corrected chi connectivity index (χ4v) is 2.56. The molecule has 1 aliphatic rings. The number of anilines is 2. The van der Waals surface area contributed by atoms with E-state index in [1.807, 2.05) is 49.4 Å². The van der Waals surface area contributed by atoms with Gasteiger partial charge in [0.25, 0.3) is 5.91 Å². The van der Waals surface area contributed by atoms with Crippen molar-refractivity contribution in [1.29, 1.82) is 0 Å². The summed E-state index contributed by atoms with van der Waals surface area (Å²) in [5.74, 6) is -0.0330. The summed E-state index contributed by atoms with van der Waals surface area (Å²) in [5, 5.41) is 6.32. The highest BCUT2D eigenvalue weighted by molar-refractivity contribution is 6.06. The molecule has 0 unspecified atom stereocenters. The van der Waals surface area contributed by atoms with Gasteiger partial charge in [0.15, 0.2) is 0 Å². The average molecular weight is 266 g/mol. The molecule has 1 amide bonds. The first-order valence-electron chi connectivity index (χ1n) is 6.98. The molecule has 0 fully saturated rings. The first-order valence-corrected chi connectivity index (χ1v) is 6.98. The molecule has 3 rings (SSSR count).